The van der Waals surface area contributed by atoms with E-state index in [9.17, 15) is 9.18 Å². The maximum absolute atomic E-state index is 13.9. The number of ether oxygens (including phenoxy) is 1. The molecule has 0 saturated heterocycles. The minimum atomic E-state index is -0.259. The quantitative estimate of drug-likeness (QED) is 0.850. The molecule has 0 fully saturated rings. The van der Waals surface area contributed by atoms with Crippen molar-refractivity contribution in [3.63, 3.8) is 0 Å². The zero-order chi connectivity index (χ0) is 15.7. The second-order valence-electron chi connectivity index (χ2n) is 5.28. The molecule has 22 heavy (non-hydrogen) atoms. The van der Waals surface area contributed by atoms with E-state index in [1.54, 1.807) is 19.2 Å². The second-order valence-corrected chi connectivity index (χ2v) is 5.69. The third kappa shape index (κ3) is 2.95. The van der Waals surface area contributed by atoms with Crippen LogP contribution in [0.2, 0.25) is 0 Å². The molecule has 2 N–H and O–H groups in total. The Bertz CT molecular complexity index is 815. The van der Waals surface area contributed by atoms with Gasteiger partial charge in [-0.25, -0.2) is 4.39 Å². The molecule has 1 aromatic carbocycles. The summed E-state index contributed by atoms with van der Waals surface area (Å²) in [5.41, 5.74) is 1.98. The molecule has 0 radical (unpaired) electrons. The average molecular weight is 321 g/mol. The van der Waals surface area contributed by atoms with Gasteiger partial charge in [0.15, 0.2) is 4.77 Å². The smallest absolute Gasteiger partial charge is 0.255 e. The highest BCUT2D eigenvalue weighted by molar-refractivity contribution is 7.71. The van der Waals surface area contributed by atoms with E-state index in [0.29, 0.717) is 42.1 Å². The summed E-state index contributed by atoms with van der Waals surface area (Å²) in [5, 5.41) is 0. The van der Waals surface area contributed by atoms with Crippen LogP contribution in [0.3, 0.4) is 0 Å². The lowest BCUT2D eigenvalue weighted by Gasteiger charge is -2.28. The minimum Gasteiger partial charge on any atom is -0.497 e. The molecule has 0 unspecified atom stereocenters. The molecule has 1 aliphatic rings. The first-order valence-electron chi connectivity index (χ1n) is 6.96. The van der Waals surface area contributed by atoms with E-state index in [-0.39, 0.29) is 11.4 Å². The van der Waals surface area contributed by atoms with E-state index in [1.165, 1.54) is 6.07 Å². The summed E-state index contributed by atoms with van der Waals surface area (Å²) in [5.74, 6) is 0.370. The Morgan fingerprint density at radius 1 is 1.41 bits per heavy atom. The predicted octanol–water partition coefficient (Wildman–Crippen LogP) is 2.14. The number of aromatic nitrogens is 2. The largest absolute Gasteiger partial charge is 0.497 e. The van der Waals surface area contributed by atoms with Crippen molar-refractivity contribution in [2.24, 2.45) is 0 Å². The SMILES string of the molecule is COc1ccc(F)c(CN2CCc3c([nH]c(=S)[nH]c3=O)C2)c1. The lowest BCUT2D eigenvalue weighted by molar-refractivity contribution is 0.236. The molecule has 116 valence electrons. The van der Waals surface area contributed by atoms with Crippen molar-refractivity contribution in [1.29, 1.82) is 0 Å². The Morgan fingerprint density at radius 3 is 3.00 bits per heavy atom. The van der Waals surface area contributed by atoms with Crippen LogP contribution >= 0.6 is 12.2 Å². The molecule has 2 heterocycles. The van der Waals surface area contributed by atoms with Gasteiger partial charge < -0.3 is 9.72 Å². The molecule has 2 aromatic rings. The van der Waals surface area contributed by atoms with E-state index in [4.69, 9.17) is 17.0 Å². The summed E-state index contributed by atoms with van der Waals surface area (Å²) in [6, 6.07) is 4.70. The van der Waals surface area contributed by atoms with Gasteiger partial charge in [0.25, 0.3) is 5.56 Å². The Labute approximate surface area is 131 Å². The molecule has 0 bridgehead atoms. The standard InChI is InChI=1S/C15H16FN3O2S/c1-21-10-2-3-12(16)9(6-10)7-19-5-4-11-13(8-19)17-15(22)18-14(11)20/h2-3,6H,4-5,7-8H2,1H3,(H2,17,18,20,22). The van der Waals surface area contributed by atoms with Crippen LogP contribution in [0.1, 0.15) is 16.8 Å². The van der Waals surface area contributed by atoms with Crippen molar-refractivity contribution in [3.8, 4) is 5.75 Å². The molecular weight excluding hydrogens is 305 g/mol. The summed E-state index contributed by atoms with van der Waals surface area (Å²) in [6.07, 6.45) is 0.613. The lowest BCUT2D eigenvalue weighted by atomic mass is 10.1. The number of methoxy groups -OCH3 is 1. The van der Waals surface area contributed by atoms with Crippen LogP contribution in [0.5, 0.6) is 5.75 Å². The van der Waals surface area contributed by atoms with Crippen LogP contribution in [-0.2, 0) is 19.5 Å². The number of hydrogen-bond acceptors (Lipinski definition) is 4. The van der Waals surface area contributed by atoms with E-state index in [0.717, 1.165) is 11.3 Å². The molecule has 3 rings (SSSR count). The summed E-state index contributed by atoms with van der Waals surface area (Å²) >= 11 is 5.00. The van der Waals surface area contributed by atoms with Crippen LogP contribution in [0, 0.1) is 10.6 Å². The third-order valence-electron chi connectivity index (χ3n) is 3.84. The number of nitrogens with one attached hydrogen (secondary N) is 2. The van der Waals surface area contributed by atoms with Crippen molar-refractivity contribution in [2.75, 3.05) is 13.7 Å². The van der Waals surface area contributed by atoms with Crippen molar-refractivity contribution < 1.29 is 9.13 Å². The number of hydrogen-bond donors (Lipinski definition) is 2. The van der Waals surface area contributed by atoms with E-state index in [2.05, 4.69) is 14.9 Å². The number of fused-ring (bicyclic) bond motifs is 1. The van der Waals surface area contributed by atoms with Gasteiger partial charge in [0.1, 0.15) is 11.6 Å². The van der Waals surface area contributed by atoms with Crippen LogP contribution < -0.4 is 10.3 Å². The fourth-order valence-electron chi connectivity index (χ4n) is 2.71. The van der Waals surface area contributed by atoms with Crippen molar-refractivity contribution in [2.45, 2.75) is 19.5 Å². The highest BCUT2D eigenvalue weighted by atomic mass is 32.1. The highest BCUT2D eigenvalue weighted by Gasteiger charge is 2.20. The first kappa shape index (κ1) is 14.9. The molecule has 1 aromatic heterocycles. The van der Waals surface area contributed by atoms with Crippen LogP contribution in [-0.4, -0.2) is 28.5 Å². The molecular formula is C15H16FN3O2S. The van der Waals surface area contributed by atoms with E-state index in [1.807, 2.05) is 0 Å². The molecule has 7 heteroatoms. The van der Waals surface area contributed by atoms with E-state index < -0.39 is 0 Å². The van der Waals surface area contributed by atoms with Gasteiger partial charge in [0, 0.05) is 36.5 Å². The van der Waals surface area contributed by atoms with Crippen LogP contribution in [0.4, 0.5) is 4.39 Å². The molecule has 5 nitrogen and oxygen atoms in total. The normalized spacial score (nSPS) is 14.6. The Kier molecular flexibility index (Phi) is 4.08. The summed E-state index contributed by atoms with van der Waals surface area (Å²) in [7, 11) is 1.56. The van der Waals surface area contributed by atoms with Crippen LogP contribution in [0.25, 0.3) is 0 Å². The second kappa shape index (κ2) is 6.02. The molecule has 0 amide bonds. The van der Waals surface area contributed by atoms with Gasteiger partial charge in [-0.05, 0) is 36.8 Å². The minimum absolute atomic E-state index is 0.133. The molecule has 0 saturated carbocycles. The monoisotopic (exact) mass is 321 g/mol. The molecule has 0 spiro atoms. The first-order chi connectivity index (χ1) is 10.6. The van der Waals surface area contributed by atoms with Crippen molar-refractivity contribution in [3.05, 3.63) is 56.0 Å². The zero-order valence-electron chi connectivity index (χ0n) is 12.1. The summed E-state index contributed by atoms with van der Waals surface area (Å²) < 4.78 is 19.4. The Balaban J connectivity index is 1.84. The highest BCUT2D eigenvalue weighted by Crippen LogP contribution is 2.21. The average Bonchev–Trinajstić information content (AvgIpc) is 2.49. The fourth-order valence-corrected chi connectivity index (χ4v) is 2.92. The van der Waals surface area contributed by atoms with Gasteiger partial charge in [-0.2, -0.15) is 0 Å². The molecule has 0 atom stereocenters. The zero-order valence-corrected chi connectivity index (χ0v) is 12.9. The number of rotatable bonds is 3. The van der Waals surface area contributed by atoms with Gasteiger partial charge in [0.05, 0.1) is 7.11 Å². The number of aromatic amines is 2. The van der Waals surface area contributed by atoms with Gasteiger partial charge in [-0.3, -0.25) is 14.7 Å². The van der Waals surface area contributed by atoms with Crippen molar-refractivity contribution in [1.82, 2.24) is 14.9 Å². The number of nitrogens with zero attached hydrogens (tertiary/aromatic N) is 1. The van der Waals surface area contributed by atoms with Gasteiger partial charge in [-0.15, -0.1) is 0 Å². The van der Waals surface area contributed by atoms with Crippen LogP contribution in [0.15, 0.2) is 23.0 Å². The number of benzene rings is 1. The molecule has 0 aliphatic carbocycles. The number of halogens is 1. The Morgan fingerprint density at radius 2 is 2.23 bits per heavy atom. The van der Waals surface area contributed by atoms with Gasteiger partial charge in [-0.1, -0.05) is 0 Å². The summed E-state index contributed by atoms with van der Waals surface area (Å²) in [6.45, 7) is 1.69. The maximum atomic E-state index is 13.9. The fraction of sp³-hybridized carbons (Fsp3) is 0.333. The number of H-pyrrole nitrogens is 2. The van der Waals surface area contributed by atoms with Crippen molar-refractivity contribution >= 4 is 12.2 Å². The van der Waals surface area contributed by atoms with E-state index >= 15 is 0 Å². The van der Waals surface area contributed by atoms with Gasteiger partial charge in [0.2, 0.25) is 0 Å². The predicted molar refractivity (Wildman–Crippen MR) is 83.0 cm³/mol. The maximum Gasteiger partial charge on any atom is 0.255 e. The lowest BCUT2D eigenvalue weighted by Crippen LogP contribution is -2.35. The Hall–Kier alpha value is -1.99. The topological polar surface area (TPSA) is 61.1 Å². The third-order valence-corrected chi connectivity index (χ3v) is 4.04. The summed E-state index contributed by atoms with van der Waals surface area (Å²) in [4.78, 5) is 19.5. The van der Waals surface area contributed by atoms with Gasteiger partial charge >= 0.3 is 0 Å². The molecule has 1 aliphatic heterocycles. The first-order valence-corrected chi connectivity index (χ1v) is 7.37.